The molecule has 0 atom stereocenters. The molecule has 1 aromatic rings. The van der Waals surface area contributed by atoms with Crippen LogP contribution in [0.25, 0.3) is 0 Å². The molecule has 1 aliphatic rings. The first kappa shape index (κ1) is 20.7. The molecule has 1 heterocycles. The second-order valence-corrected chi connectivity index (χ2v) is 8.42. The number of nitrogens with zero attached hydrogens (tertiary/aromatic N) is 1. The minimum atomic E-state index is -3.59. The zero-order chi connectivity index (χ0) is 19.2. The summed E-state index contributed by atoms with van der Waals surface area (Å²) in [7, 11) is -2.09. The molecule has 8 heteroatoms. The number of ether oxygens (including phenoxy) is 1. The standard InChI is InChI=1S/C18H29N3O4S/c1-4-21(5-2)26(23,24)15-9-10-17(25-3)16(13-15)19-18(22)14-20-11-7-6-8-12-20/h9-10,13H,4-8,11-12,14H2,1-3H3,(H,19,22)/p+1. The van der Waals surface area contributed by atoms with Gasteiger partial charge in [0.1, 0.15) is 5.75 Å². The molecule has 1 saturated heterocycles. The molecule has 1 fully saturated rings. The van der Waals surface area contributed by atoms with Crippen LogP contribution in [-0.4, -0.2) is 58.5 Å². The van der Waals surface area contributed by atoms with Crippen LogP contribution in [-0.2, 0) is 14.8 Å². The van der Waals surface area contributed by atoms with E-state index in [4.69, 9.17) is 4.74 Å². The van der Waals surface area contributed by atoms with E-state index in [1.807, 2.05) is 0 Å². The van der Waals surface area contributed by atoms with Crippen LogP contribution in [0.4, 0.5) is 5.69 Å². The molecule has 0 saturated carbocycles. The summed E-state index contributed by atoms with van der Waals surface area (Å²) in [6.45, 7) is 6.77. The monoisotopic (exact) mass is 384 g/mol. The van der Waals surface area contributed by atoms with E-state index in [0.29, 0.717) is 31.1 Å². The van der Waals surface area contributed by atoms with Gasteiger partial charge in [0.05, 0.1) is 30.8 Å². The molecule has 146 valence electrons. The van der Waals surface area contributed by atoms with Crippen molar-refractivity contribution in [3.05, 3.63) is 18.2 Å². The lowest BCUT2D eigenvalue weighted by Crippen LogP contribution is -3.13. The molecule has 0 bridgehead atoms. The molecule has 0 aliphatic carbocycles. The number of benzene rings is 1. The Balaban J connectivity index is 2.20. The summed E-state index contributed by atoms with van der Waals surface area (Å²) in [4.78, 5) is 13.8. The van der Waals surface area contributed by atoms with E-state index in [1.54, 1.807) is 19.9 Å². The van der Waals surface area contributed by atoms with E-state index in [2.05, 4.69) is 5.32 Å². The van der Waals surface area contributed by atoms with Gasteiger partial charge in [-0.2, -0.15) is 4.31 Å². The fourth-order valence-electron chi connectivity index (χ4n) is 3.31. The third-order valence-electron chi connectivity index (χ3n) is 4.76. The molecule has 1 aliphatic heterocycles. The van der Waals surface area contributed by atoms with Crippen molar-refractivity contribution >= 4 is 21.6 Å². The second-order valence-electron chi connectivity index (χ2n) is 6.49. The Kier molecular flexibility index (Phi) is 7.43. The van der Waals surface area contributed by atoms with Crippen LogP contribution in [0.5, 0.6) is 5.75 Å². The summed E-state index contributed by atoms with van der Waals surface area (Å²) < 4.78 is 32.1. The number of hydrogen-bond donors (Lipinski definition) is 2. The summed E-state index contributed by atoms with van der Waals surface area (Å²) in [5.74, 6) is 0.322. The van der Waals surface area contributed by atoms with Crippen LogP contribution >= 0.6 is 0 Å². The average Bonchev–Trinajstić information content (AvgIpc) is 2.63. The Morgan fingerprint density at radius 3 is 2.42 bits per heavy atom. The lowest BCUT2D eigenvalue weighted by molar-refractivity contribution is -0.896. The summed E-state index contributed by atoms with van der Waals surface area (Å²) in [6.07, 6.45) is 3.51. The molecule has 7 nitrogen and oxygen atoms in total. The summed E-state index contributed by atoms with van der Waals surface area (Å²) >= 11 is 0. The topological polar surface area (TPSA) is 80.2 Å². The van der Waals surface area contributed by atoms with E-state index in [0.717, 1.165) is 25.9 Å². The molecule has 1 aromatic carbocycles. The normalized spacial score (nSPS) is 15.8. The molecule has 1 amide bonds. The minimum absolute atomic E-state index is 0.127. The van der Waals surface area contributed by atoms with Crippen LogP contribution < -0.4 is 15.0 Å². The molecular formula is C18H30N3O4S+. The summed E-state index contributed by atoms with van der Waals surface area (Å²) in [6, 6.07) is 4.58. The van der Waals surface area contributed by atoms with Gasteiger partial charge >= 0.3 is 0 Å². The van der Waals surface area contributed by atoms with Gasteiger partial charge in [-0.1, -0.05) is 13.8 Å². The molecular weight excluding hydrogens is 354 g/mol. The number of quaternary nitrogens is 1. The number of hydrogen-bond acceptors (Lipinski definition) is 4. The maximum absolute atomic E-state index is 12.7. The van der Waals surface area contributed by atoms with Crippen molar-refractivity contribution in [2.75, 3.05) is 45.2 Å². The van der Waals surface area contributed by atoms with Crippen LogP contribution in [0.1, 0.15) is 33.1 Å². The van der Waals surface area contributed by atoms with Gasteiger partial charge in [-0.3, -0.25) is 4.79 Å². The predicted molar refractivity (Wildman–Crippen MR) is 101 cm³/mol. The highest BCUT2D eigenvalue weighted by molar-refractivity contribution is 7.89. The zero-order valence-electron chi connectivity index (χ0n) is 15.9. The second kappa shape index (κ2) is 9.34. The fraction of sp³-hybridized carbons (Fsp3) is 0.611. The SMILES string of the molecule is CCN(CC)S(=O)(=O)c1ccc(OC)c(NC(=O)C[NH+]2CCCCC2)c1. The summed E-state index contributed by atoms with van der Waals surface area (Å²) in [5, 5.41) is 2.83. The zero-order valence-corrected chi connectivity index (χ0v) is 16.7. The first-order chi connectivity index (χ1) is 12.4. The molecule has 2 rings (SSSR count). The Labute approximate surface area is 156 Å². The number of sulfonamides is 1. The van der Waals surface area contributed by atoms with E-state index >= 15 is 0 Å². The number of methoxy groups -OCH3 is 1. The van der Waals surface area contributed by atoms with Crippen LogP contribution in [0, 0.1) is 0 Å². The molecule has 26 heavy (non-hydrogen) atoms. The van der Waals surface area contributed by atoms with E-state index in [-0.39, 0.29) is 10.8 Å². The number of anilines is 1. The Morgan fingerprint density at radius 1 is 1.19 bits per heavy atom. The van der Waals surface area contributed by atoms with Crippen molar-refractivity contribution in [1.29, 1.82) is 0 Å². The number of rotatable bonds is 8. The number of nitrogens with one attached hydrogen (secondary N) is 2. The van der Waals surface area contributed by atoms with Crippen molar-refractivity contribution in [3.8, 4) is 5.75 Å². The van der Waals surface area contributed by atoms with Gasteiger partial charge in [-0.05, 0) is 37.5 Å². The first-order valence-electron chi connectivity index (χ1n) is 9.24. The lowest BCUT2D eigenvalue weighted by atomic mass is 10.1. The van der Waals surface area contributed by atoms with Gasteiger partial charge in [0.15, 0.2) is 6.54 Å². The van der Waals surface area contributed by atoms with E-state index in [9.17, 15) is 13.2 Å². The van der Waals surface area contributed by atoms with Crippen LogP contribution in [0.15, 0.2) is 23.1 Å². The lowest BCUT2D eigenvalue weighted by Gasteiger charge is -2.23. The van der Waals surface area contributed by atoms with Gasteiger partial charge < -0.3 is 15.0 Å². The highest BCUT2D eigenvalue weighted by Crippen LogP contribution is 2.28. The molecule has 2 N–H and O–H groups in total. The third-order valence-corrected chi connectivity index (χ3v) is 6.81. The molecule has 0 unspecified atom stereocenters. The van der Waals surface area contributed by atoms with Gasteiger partial charge in [-0.25, -0.2) is 8.42 Å². The number of carbonyl (C=O) groups excluding carboxylic acids is 1. The van der Waals surface area contributed by atoms with Crippen molar-refractivity contribution in [1.82, 2.24) is 4.31 Å². The third kappa shape index (κ3) is 4.96. The van der Waals surface area contributed by atoms with Crippen molar-refractivity contribution in [2.45, 2.75) is 38.0 Å². The smallest absolute Gasteiger partial charge is 0.279 e. The van der Waals surface area contributed by atoms with Crippen molar-refractivity contribution < 1.29 is 22.8 Å². The van der Waals surface area contributed by atoms with E-state index in [1.165, 1.54) is 34.9 Å². The number of carbonyl (C=O) groups is 1. The molecule has 0 spiro atoms. The predicted octanol–water partition coefficient (Wildman–Crippen LogP) is 0.733. The highest BCUT2D eigenvalue weighted by atomic mass is 32.2. The van der Waals surface area contributed by atoms with Gasteiger partial charge in [0.25, 0.3) is 5.91 Å². The maximum atomic E-state index is 12.7. The number of likely N-dealkylation sites (tertiary alicyclic amines) is 1. The summed E-state index contributed by atoms with van der Waals surface area (Å²) in [5.41, 5.74) is 0.391. The molecule has 0 aromatic heterocycles. The molecule has 0 radical (unpaired) electrons. The fourth-order valence-corrected chi connectivity index (χ4v) is 4.79. The Morgan fingerprint density at radius 2 is 1.85 bits per heavy atom. The van der Waals surface area contributed by atoms with E-state index < -0.39 is 10.0 Å². The van der Waals surface area contributed by atoms with Crippen molar-refractivity contribution in [3.63, 3.8) is 0 Å². The first-order valence-corrected chi connectivity index (χ1v) is 10.7. The maximum Gasteiger partial charge on any atom is 0.279 e. The van der Waals surface area contributed by atoms with Crippen LogP contribution in [0.3, 0.4) is 0 Å². The quantitative estimate of drug-likeness (QED) is 0.693. The minimum Gasteiger partial charge on any atom is -0.495 e. The van der Waals surface area contributed by atoms with Crippen molar-refractivity contribution in [2.24, 2.45) is 0 Å². The Hall–Kier alpha value is -1.64. The highest BCUT2D eigenvalue weighted by Gasteiger charge is 2.24. The average molecular weight is 385 g/mol. The number of piperidine rings is 1. The van der Waals surface area contributed by atoms with Gasteiger partial charge in [0.2, 0.25) is 10.0 Å². The van der Waals surface area contributed by atoms with Crippen LogP contribution in [0.2, 0.25) is 0 Å². The van der Waals surface area contributed by atoms with Gasteiger partial charge in [-0.15, -0.1) is 0 Å². The van der Waals surface area contributed by atoms with Gasteiger partial charge in [0, 0.05) is 13.1 Å². The largest absolute Gasteiger partial charge is 0.495 e. The number of amides is 1. The Bertz CT molecular complexity index is 711.